The number of carbonyl (C=O) groups excluding carboxylic acids is 1. The monoisotopic (exact) mass is 345 g/mol. The molecule has 3 heterocycles. The fraction of sp³-hybridized carbons (Fsp3) is 0.588. The Bertz CT molecular complexity index is 720. The molecule has 1 saturated heterocycles. The van der Waals surface area contributed by atoms with E-state index < -0.39 is 0 Å². The zero-order valence-corrected chi connectivity index (χ0v) is 15.5. The normalized spacial score (nSPS) is 19.3. The van der Waals surface area contributed by atoms with Crippen LogP contribution in [0.25, 0.3) is 0 Å². The number of hydrogen-bond donors (Lipinski definition) is 0. The molecule has 0 radical (unpaired) electrons. The quantitative estimate of drug-likeness (QED) is 0.759. The van der Waals surface area contributed by atoms with Crippen molar-refractivity contribution in [2.75, 3.05) is 33.7 Å². The molecule has 2 aromatic heterocycles. The molecule has 0 N–H and O–H groups in total. The largest absolute Gasteiger partial charge is 0.347 e. The van der Waals surface area contributed by atoms with Crippen molar-refractivity contribution in [2.24, 2.45) is 14.1 Å². The van der Waals surface area contributed by atoms with Gasteiger partial charge in [-0.2, -0.15) is 10.2 Å². The first-order chi connectivity index (χ1) is 11.9. The maximum Gasteiger partial charge on any atom is 0.240 e. The Hall–Kier alpha value is -2.19. The molecule has 8 heteroatoms. The van der Waals surface area contributed by atoms with Crippen molar-refractivity contribution < 1.29 is 4.79 Å². The lowest BCUT2D eigenvalue weighted by Crippen LogP contribution is -2.58. The number of aromatic nitrogens is 4. The van der Waals surface area contributed by atoms with E-state index in [2.05, 4.69) is 20.0 Å². The van der Waals surface area contributed by atoms with Gasteiger partial charge in [0.2, 0.25) is 5.91 Å². The minimum atomic E-state index is -0.158. The summed E-state index contributed by atoms with van der Waals surface area (Å²) in [5.41, 5.74) is 2.04. The van der Waals surface area contributed by atoms with Gasteiger partial charge in [0.1, 0.15) is 6.04 Å². The van der Waals surface area contributed by atoms with E-state index in [1.807, 2.05) is 57.4 Å². The number of likely N-dealkylation sites (N-methyl/N-ethyl adjacent to an activating group) is 1. The van der Waals surface area contributed by atoms with Crippen LogP contribution in [0, 0.1) is 0 Å². The van der Waals surface area contributed by atoms with E-state index >= 15 is 0 Å². The lowest BCUT2D eigenvalue weighted by molar-refractivity contribution is -0.137. The summed E-state index contributed by atoms with van der Waals surface area (Å²) in [5, 5.41) is 8.91. The minimum absolute atomic E-state index is 0.140. The molecule has 0 aliphatic carbocycles. The zero-order chi connectivity index (χ0) is 18.0. The summed E-state index contributed by atoms with van der Waals surface area (Å²) in [6.07, 6.45) is 3.89. The van der Waals surface area contributed by atoms with Gasteiger partial charge in [-0.3, -0.25) is 24.0 Å². The molecule has 0 bridgehead atoms. The summed E-state index contributed by atoms with van der Waals surface area (Å²) < 4.78 is 3.62. The molecule has 3 rings (SSSR count). The van der Waals surface area contributed by atoms with Gasteiger partial charge in [0, 0.05) is 73.3 Å². The maximum atomic E-state index is 12.7. The predicted octanol–water partition coefficient (Wildman–Crippen LogP) is -0.0718. The highest BCUT2D eigenvalue weighted by Gasteiger charge is 2.33. The van der Waals surface area contributed by atoms with E-state index in [0.29, 0.717) is 13.1 Å². The van der Waals surface area contributed by atoms with Gasteiger partial charge < -0.3 is 4.90 Å². The van der Waals surface area contributed by atoms with E-state index in [-0.39, 0.29) is 11.9 Å². The molecule has 136 valence electrons. The Labute approximate surface area is 148 Å². The predicted molar refractivity (Wildman–Crippen MR) is 94.6 cm³/mol. The second-order valence-corrected chi connectivity index (χ2v) is 6.92. The average Bonchev–Trinajstić information content (AvgIpc) is 3.16. The molecule has 1 aliphatic heterocycles. The van der Waals surface area contributed by atoms with Crippen LogP contribution < -0.4 is 0 Å². The van der Waals surface area contributed by atoms with Gasteiger partial charge in [-0.05, 0) is 12.1 Å². The van der Waals surface area contributed by atoms with Gasteiger partial charge in [-0.25, -0.2) is 0 Å². The van der Waals surface area contributed by atoms with Crippen LogP contribution in [0.4, 0.5) is 0 Å². The molecule has 1 fully saturated rings. The van der Waals surface area contributed by atoms with Crippen LogP contribution in [0.5, 0.6) is 0 Å². The summed E-state index contributed by atoms with van der Waals surface area (Å²) in [7, 11) is 7.47. The van der Waals surface area contributed by atoms with Crippen LogP contribution in [0.15, 0.2) is 24.5 Å². The number of hydrogen-bond acceptors (Lipinski definition) is 5. The van der Waals surface area contributed by atoms with E-state index in [0.717, 1.165) is 31.0 Å². The average molecular weight is 345 g/mol. The van der Waals surface area contributed by atoms with Crippen LogP contribution in [-0.4, -0.2) is 79.9 Å². The van der Waals surface area contributed by atoms with Crippen molar-refractivity contribution in [2.45, 2.75) is 19.1 Å². The molecule has 8 nitrogen and oxygen atoms in total. The molecule has 0 aromatic carbocycles. The first-order valence-electron chi connectivity index (χ1n) is 8.57. The second kappa shape index (κ2) is 7.37. The molecule has 0 saturated carbocycles. The number of aryl methyl sites for hydroxylation is 2. The van der Waals surface area contributed by atoms with Crippen molar-refractivity contribution in [3.63, 3.8) is 0 Å². The fourth-order valence-electron chi connectivity index (χ4n) is 3.27. The van der Waals surface area contributed by atoms with E-state index in [4.69, 9.17) is 0 Å². The van der Waals surface area contributed by atoms with Crippen LogP contribution >= 0.6 is 0 Å². The number of rotatable bonds is 5. The Balaban J connectivity index is 1.70. The number of carbonyl (C=O) groups is 1. The van der Waals surface area contributed by atoms with E-state index in [9.17, 15) is 4.79 Å². The SMILES string of the molecule is CN(C)C(=O)[C@H]1CN(Cc2ccn(C)n2)CCN1Cc1ccn(C)n1. The van der Waals surface area contributed by atoms with Gasteiger partial charge in [0.05, 0.1) is 11.4 Å². The zero-order valence-electron chi connectivity index (χ0n) is 15.5. The molecule has 2 aromatic rings. The van der Waals surface area contributed by atoms with Crippen molar-refractivity contribution in [3.05, 3.63) is 35.9 Å². The molecule has 1 atom stereocenters. The van der Waals surface area contributed by atoms with Crippen LogP contribution in [0.2, 0.25) is 0 Å². The third-order valence-corrected chi connectivity index (χ3v) is 4.59. The molecule has 0 spiro atoms. The Morgan fingerprint density at radius 3 is 2.20 bits per heavy atom. The highest BCUT2D eigenvalue weighted by molar-refractivity contribution is 5.81. The third-order valence-electron chi connectivity index (χ3n) is 4.59. The molecule has 0 unspecified atom stereocenters. The first kappa shape index (κ1) is 17.6. The Kier molecular flexibility index (Phi) is 5.19. The lowest BCUT2D eigenvalue weighted by atomic mass is 10.1. The second-order valence-electron chi connectivity index (χ2n) is 6.92. The topological polar surface area (TPSA) is 62.4 Å². The van der Waals surface area contributed by atoms with Crippen molar-refractivity contribution in [1.82, 2.24) is 34.3 Å². The van der Waals surface area contributed by atoms with Gasteiger partial charge in [-0.1, -0.05) is 0 Å². The summed E-state index contributed by atoms with van der Waals surface area (Å²) >= 11 is 0. The Morgan fingerprint density at radius 2 is 1.68 bits per heavy atom. The van der Waals surface area contributed by atoms with Crippen molar-refractivity contribution in [1.29, 1.82) is 0 Å². The highest BCUT2D eigenvalue weighted by Crippen LogP contribution is 2.16. The van der Waals surface area contributed by atoms with Crippen molar-refractivity contribution >= 4 is 5.91 Å². The maximum absolute atomic E-state index is 12.7. The fourth-order valence-corrected chi connectivity index (χ4v) is 3.27. The van der Waals surface area contributed by atoms with Gasteiger partial charge in [0.25, 0.3) is 0 Å². The lowest BCUT2D eigenvalue weighted by Gasteiger charge is -2.41. The smallest absolute Gasteiger partial charge is 0.240 e. The third kappa shape index (κ3) is 4.26. The summed E-state index contributed by atoms with van der Waals surface area (Å²) in [6.45, 7) is 3.94. The molecular formula is C17H27N7O. The highest BCUT2D eigenvalue weighted by atomic mass is 16.2. The first-order valence-corrected chi connectivity index (χ1v) is 8.57. The summed E-state index contributed by atoms with van der Waals surface area (Å²) in [4.78, 5) is 18.9. The van der Waals surface area contributed by atoms with Crippen LogP contribution in [0.3, 0.4) is 0 Å². The van der Waals surface area contributed by atoms with Crippen molar-refractivity contribution in [3.8, 4) is 0 Å². The molecular weight excluding hydrogens is 318 g/mol. The van der Waals surface area contributed by atoms with E-state index in [1.54, 1.807) is 9.58 Å². The summed E-state index contributed by atoms with van der Waals surface area (Å²) in [5.74, 6) is 0.140. The molecule has 1 aliphatic rings. The van der Waals surface area contributed by atoms with Crippen LogP contribution in [-0.2, 0) is 32.0 Å². The van der Waals surface area contributed by atoms with Gasteiger partial charge in [0.15, 0.2) is 0 Å². The molecule has 25 heavy (non-hydrogen) atoms. The van der Waals surface area contributed by atoms with Gasteiger partial charge in [-0.15, -0.1) is 0 Å². The van der Waals surface area contributed by atoms with E-state index in [1.165, 1.54) is 0 Å². The standard InChI is InChI=1S/C17H27N7O/c1-20(2)17(25)16-13-23(11-14-5-7-21(3)18-14)9-10-24(16)12-15-6-8-22(4)19-15/h5-8,16H,9-13H2,1-4H3/t16-/m1/s1. The summed E-state index contributed by atoms with van der Waals surface area (Å²) in [6, 6.07) is 3.88. The Morgan fingerprint density at radius 1 is 1.08 bits per heavy atom. The molecule has 1 amide bonds. The minimum Gasteiger partial charge on any atom is -0.347 e. The van der Waals surface area contributed by atoms with Crippen LogP contribution in [0.1, 0.15) is 11.4 Å². The van der Waals surface area contributed by atoms with Gasteiger partial charge >= 0.3 is 0 Å². The number of nitrogens with zero attached hydrogens (tertiary/aromatic N) is 7. The number of amides is 1. The number of piperazine rings is 1.